The van der Waals surface area contributed by atoms with E-state index >= 15 is 0 Å². The molecule has 0 spiro atoms. The molecule has 0 unspecified atom stereocenters. The molecule has 0 fully saturated rings. The Morgan fingerprint density at radius 3 is 2.45 bits per heavy atom. The lowest BCUT2D eigenvalue weighted by atomic mass is 10.4. The van der Waals surface area contributed by atoms with Crippen LogP contribution in [0.4, 0.5) is 0 Å². The summed E-state index contributed by atoms with van der Waals surface area (Å²) in [5, 5.41) is 10.5. The lowest BCUT2D eigenvalue weighted by Crippen LogP contribution is -2.26. The highest BCUT2D eigenvalue weighted by molar-refractivity contribution is 9.11. The van der Waals surface area contributed by atoms with Crippen LogP contribution in [0.15, 0.2) is 11.1 Å². The number of aliphatic carboxylic acids is 1. The maximum atomic E-state index is 10.6. The molecule has 0 saturated carbocycles. The number of carboxylic acid groups (broad SMARTS) is 1. The molecule has 0 radical (unpaired) electrons. The number of hydrogen-bond donors (Lipinski definition) is 2. The van der Waals surface area contributed by atoms with Crippen LogP contribution in [0, 0.1) is 0 Å². The molecule has 0 bridgehead atoms. The summed E-state index contributed by atoms with van der Waals surface area (Å²) in [5.41, 5.74) is 0. The van der Waals surface area contributed by atoms with Crippen molar-refractivity contribution < 1.29 is 14.7 Å². The minimum absolute atomic E-state index is 0.256. The molecule has 0 aliphatic rings. The zero-order valence-electron chi connectivity index (χ0n) is 5.76. The van der Waals surface area contributed by atoms with E-state index in [-0.39, 0.29) is 6.54 Å². The predicted octanol–water partition coefficient (Wildman–Crippen LogP) is 0.486. The van der Waals surface area contributed by atoms with Crippen LogP contribution in [-0.4, -0.2) is 23.5 Å². The minimum atomic E-state index is -1.14. The summed E-state index contributed by atoms with van der Waals surface area (Å²) in [5.74, 6) is -1.65. The van der Waals surface area contributed by atoms with Gasteiger partial charge >= 0.3 is 5.97 Å². The molecule has 5 heteroatoms. The summed E-state index contributed by atoms with van der Waals surface area (Å²) in [7, 11) is 0. The topological polar surface area (TPSA) is 66.4 Å². The fraction of sp³-hybridized carbons (Fsp3) is 0.333. The van der Waals surface area contributed by atoms with Gasteiger partial charge in [0.2, 0.25) is 5.91 Å². The van der Waals surface area contributed by atoms with Gasteiger partial charge in [-0.2, -0.15) is 0 Å². The number of carbonyl (C=O) groups excluding carboxylic acids is 1. The van der Waals surface area contributed by atoms with E-state index in [1.807, 2.05) is 0 Å². The first kappa shape index (κ1) is 10.2. The molecule has 62 valence electrons. The Labute approximate surface area is 72.4 Å². The molecule has 11 heavy (non-hydrogen) atoms. The zero-order chi connectivity index (χ0) is 8.85. The van der Waals surface area contributed by atoms with Crippen molar-refractivity contribution in [3.63, 3.8) is 0 Å². The number of amides is 1. The van der Waals surface area contributed by atoms with Crippen LogP contribution in [0.2, 0.25) is 0 Å². The first-order valence-corrected chi connectivity index (χ1v) is 3.63. The third-order valence-corrected chi connectivity index (χ3v) is 1.07. The van der Waals surface area contributed by atoms with Gasteiger partial charge in [-0.05, 0) is 0 Å². The van der Waals surface area contributed by atoms with Crippen molar-refractivity contribution in [1.82, 2.24) is 5.32 Å². The molecule has 1 amide bonds. The molecule has 0 aromatic carbocycles. The first-order chi connectivity index (χ1) is 5.02. The van der Waals surface area contributed by atoms with Gasteiger partial charge in [0, 0.05) is 11.0 Å². The minimum Gasteiger partial charge on any atom is -0.481 e. The third-order valence-electron chi connectivity index (χ3n) is 0.789. The third kappa shape index (κ3) is 7.05. The summed E-state index contributed by atoms with van der Waals surface area (Å²) in [6.07, 6.45) is -0.500. The van der Waals surface area contributed by atoms with E-state index in [1.54, 1.807) is 0 Å². The van der Waals surface area contributed by atoms with Gasteiger partial charge in [-0.1, -0.05) is 22.5 Å². The number of halogens is 1. The Bertz CT molecular complexity index is 190. The van der Waals surface area contributed by atoms with Crippen LogP contribution in [0.5, 0.6) is 0 Å². The summed E-state index contributed by atoms with van der Waals surface area (Å²) in [6, 6.07) is 0. The van der Waals surface area contributed by atoms with Crippen LogP contribution in [0.25, 0.3) is 0 Å². The van der Waals surface area contributed by atoms with Crippen molar-refractivity contribution in [2.75, 3.05) is 6.54 Å². The number of hydrogen-bond acceptors (Lipinski definition) is 2. The molecular weight excluding hydrogens is 214 g/mol. The monoisotopic (exact) mass is 221 g/mol. The van der Waals surface area contributed by atoms with E-state index < -0.39 is 18.3 Å². The van der Waals surface area contributed by atoms with E-state index in [9.17, 15) is 9.59 Å². The number of carboxylic acids is 1. The molecule has 0 atom stereocenters. The van der Waals surface area contributed by atoms with Gasteiger partial charge in [0.05, 0.1) is 0 Å². The SMILES string of the molecule is C=C(Br)CNC(=O)CC(=O)O. The van der Waals surface area contributed by atoms with Gasteiger partial charge in [-0.25, -0.2) is 0 Å². The number of rotatable bonds is 4. The van der Waals surface area contributed by atoms with Crippen LogP contribution in [0.1, 0.15) is 6.42 Å². The normalized spacial score (nSPS) is 8.82. The lowest BCUT2D eigenvalue weighted by Gasteiger charge is -1.99. The molecule has 0 aliphatic heterocycles. The Morgan fingerprint density at radius 1 is 1.55 bits per heavy atom. The maximum Gasteiger partial charge on any atom is 0.312 e. The van der Waals surface area contributed by atoms with Crippen molar-refractivity contribution in [1.29, 1.82) is 0 Å². The standard InChI is InChI=1S/C6H8BrNO3/c1-4(7)3-8-5(9)2-6(10)11/h1-3H2,(H,8,9)(H,10,11). The lowest BCUT2D eigenvalue weighted by molar-refractivity contribution is -0.140. The van der Waals surface area contributed by atoms with Gasteiger partial charge in [-0.3, -0.25) is 9.59 Å². The number of carbonyl (C=O) groups is 2. The Balaban J connectivity index is 3.53. The molecule has 0 saturated heterocycles. The average molecular weight is 222 g/mol. The molecule has 2 N–H and O–H groups in total. The number of nitrogens with one attached hydrogen (secondary N) is 1. The highest BCUT2D eigenvalue weighted by Gasteiger charge is 2.05. The summed E-state index contributed by atoms with van der Waals surface area (Å²) >= 11 is 3.01. The fourth-order valence-electron chi connectivity index (χ4n) is 0.394. The van der Waals surface area contributed by atoms with Crippen molar-refractivity contribution in [3.8, 4) is 0 Å². The van der Waals surface area contributed by atoms with E-state index in [0.29, 0.717) is 4.48 Å². The summed E-state index contributed by atoms with van der Waals surface area (Å²) < 4.78 is 0.608. The Kier molecular flexibility index (Phi) is 4.52. The van der Waals surface area contributed by atoms with Crippen LogP contribution in [-0.2, 0) is 9.59 Å². The summed E-state index contributed by atoms with van der Waals surface area (Å²) in [6.45, 7) is 3.72. The van der Waals surface area contributed by atoms with E-state index in [4.69, 9.17) is 5.11 Å². The van der Waals surface area contributed by atoms with Gasteiger partial charge in [0.15, 0.2) is 0 Å². The smallest absolute Gasteiger partial charge is 0.312 e. The fourth-order valence-corrected chi connectivity index (χ4v) is 0.535. The molecule has 0 aliphatic carbocycles. The van der Waals surface area contributed by atoms with Gasteiger partial charge in [0.25, 0.3) is 0 Å². The Morgan fingerprint density at radius 2 is 2.09 bits per heavy atom. The van der Waals surface area contributed by atoms with Gasteiger partial charge in [0.1, 0.15) is 6.42 Å². The molecule has 0 aromatic rings. The highest BCUT2D eigenvalue weighted by atomic mass is 79.9. The summed E-state index contributed by atoms with van der Waals surface area (Å²) in [4.78, 5) is 20.6. The van der Waals surface area contributed by atoms with Crippen molar-refractivity contribution >= 4 is 27.8 Å². The highest BCUT2D eigenvalue weighted by Crippen LogP contribution is 1.96. The Hall–Kier alpha value is -0.840. The first-order valence-electron chi connectivity index (χ1n) is 2.84. The van der Waals surface area contributed by atoms with E-state index in [1.165, 1.54) is 0 Å². The zero-order valence-corrected chi connectivity index (χ0v) is 7.35. The quantitative estimate of drug-likeness (QED) is 0.680. The molecular formula is C6H8BrNO3. The largest absolute Gasteiger partial charge is 0.481 e. The van der Waals surface area contributed by atoms with Gasteiger partial charge in [-0.15, -0.1) is 0 Å². The molecule has 0 aromatic heterocycles. The van der Waals surface area contributed by atoms with Crippen molar-refractivity contribution in [3.05, 3.63) is 11.1 Å². The van der Waals surface area contributed by atoms with E-state index in [2.05, 4.69) is 27.8 Å². The molecule has 0 rings (SSSR count). The van der Waals surface area contributed by atoms with Crippen LogP contribution in [0.3, 0.4) is 0 Å². The maximum absolute atomic E-state index is 10.6. The van der Waals surface area contributed by atoms with Crippen molar-refractivity contribution in [2.45, 2.75) is 6.42 Å². The second-order valence-corrected chi connectivity index (χ2v) is 2.99. The predicted molar refractivity (Wildman–Crippen MR) is 43.3 cm³/mol. The van der Waals surface area contributed by atoms with Crippen LogP contribution < -0.4 is 5.32 Å². The average Bonchev–Trinajstić information content (AvgIpc) is 1.82. The molecule has 4 nitrogen and oxygen atoms in total. The van der Waals surface area contributed by atoms with Crippen molar-refractivity contribution in [2.24, 2.45) is 0 Å². The van der Waals surface area contributed by atoms with E-state index in [0.717, 1.165) is 0 Å². The van der Waals surface area contributed by atoms with Gasteiger partial charge < -0.3 is 10.4 Å². The van der Waals surface area contributed by atoms with Crippen LogP contribution >= 0.6 is 15.9 Å². The second kappa shape index (κ2) is 4.90. The molecule has 0 heterocycles. The second-order valence-electron chi connectivity index (χ2n) is 1.86.